The lowest BCUT2D eigenvalue weighted by Gasteiger charge is -1.99. The Kier molecular flexibility index (Phi) is 2.18. The van der Waals surface area contributed by atoms with Crippen molar-refractivity contribution in [1.29, 1.82) is 0 Å². The summed E-state index contributed by atoms with van der Waals surface area (Å²) in [5, 5.41) is 15.7. The van der Waals surface area contributed by atoms with Gasteiger partial charge in [-0.25, -0.2) is 9.36 Å². The average molecular weight is 247 g/mol. The zero-order valence-electron chi connectivity index (χ0n) is 9.73. The number of fused-ring (bicyclic) bond motifs is 1. The average Bonchev–Trinajstić information content (AvgIpc) is 2.91. The van der Waals surface area contributed by atoms with Gasteiger partial charge in [0.25, 0.3) is 5.56 Å². The molecule has 0 aliphatic heterocycles. The third kappa shape index (κ3) is 1.56. The Morgan fingerprint density at radius 3 is 3.00 bits per heavy atom. The Morgan fingerprint density at radius 1 is 1.44 bits per heavy atom. The van der Waals surface area contributed by atoms with Gasteiger partial charge in [-0.3, -0.25) is 4.79 Å². The van der Waals surface area contributed by atoms with Gasteiger partial charge in [0.15, 0.2) is 11.5 Å². The third-order valence-corrected chi connectivity index (χ3v) is 2.47. The second-order valence-corrected chi connectivity index (χ2v) is 3.79. The topological polar surface area (TPSA) is 105 Å². The van der Waals surface area contributed by atoms with E-state index in [1.165, 1.54) is 10.9 Å². The van der Waals surface area contributed by atoms with Crippen LogP contribution in [0.2, 0.25) is 0 Å². The van der Waals surface area contributed by atoms with E-state index >= 15 is 0 Å². The summed E-state index contributed by atoms with van der Waals surface area (Å²) in [5.41, 5.74) is 0.155. The summed E-state index contributed by atoms with van der Waals surface area (Å²) in [7, 11) is 1.70. The lowest BCUT2D eigenvalue weighted by Crippen LogP contribution is -2.24. The molecule has 0 aromatic carbocycles. The van der Waals surface area contributed by atoms with E-state index in [-0.39, 0.29) is 12.1 Å². The highest BCUT2D eigenvalue weighted by molar-refractivity contribution is 5.72. The zero-order valence-corrected chi connectivity index (χ0v) is 9.73. The Labute approximate surface area is 100 Å². The summed E-state index contributed by atoms with van der Waals surface area (Å²) in [6.07, 6.45) is 1.46. The van der Waals surface area contributed by atoms with Crippen molar-refractivity contribution in [1.82, 2.24) is 34.9 Å². The van der Waals surface area contributed by atoms with Crippen molar-refractivity contribution < 1.29 is 4.52 Å². The molecular weight excluding hydrogens is 238 g/mol. The van der Waals surface area contributed by atoms with E-state index in [0.717, 1.165) is 4.68 Å². The molecule has 3 aromatic heterocycles. The fraction of sp³-hybridized carbons (Fsp3) is 0.333. The van der Waals surface area contributed by atoms with Crippen LogP contribution in [0.25, 0.3) is 11.0 Å². The molecule has 3 rings (SSSR count). The minimum absolute atomic E-state index is 0.0947. The van der Waals surface area contributed by atoms with Crippen LogP contribution < -0.4 is 5.56 Å². The molecule has 3 heterocycles. The molecule has 92 valence electrons. The van der Waals surface area contributed by atoms with Crippen molar-refractivity contribution >= 4 is 11.0 Å². The van der Waals surface area contributed by atoms with Crippen LogP contribution in [0.3, 0.4) is 0 Å². The van der Waals surface area contributed by atoms with Crippen molar-refractivity contribution in [2.45, 2.75) is 13.5 Å². The smallest absolute Gasteiger partial charge is 0.281 e. The van der Waals surface area contributed by atoms with Crippen LogP contribution in [0.4, 0.5) is 0 Å². The summed E-state index contributed by atoms with van der Waals surface area (Å²) in [6, 6.07) is 0. The number of aryl methyl sites for hydroxylation is 2. The van der Waals surface area contributed by atoms with E-state index < -0.39 is 0 Å². The minimum atomic E-state index is -0.288. The first-order valence-corrected chi connectivity index (χ1v) is 5.20. The number of hydrogen-bond acceptors (Lipinski definition) is 7. The molecule has 0 fully saturated rings. The van der Waals surface area contributed by atoms with Crippen LogP contribution in [0.5, 0.6) is 0 Å². The van der Waals surface area contributed by atoms with Gasteiger partial charge in [0.05, 0.1) is 6.20 Å². The molecule has 0 amide bonds. The number of hydrogen-bond donors (Lipinski definition) is 0. The van der Waals surface area contributed by atoms with Gasteiger partial charge in [-0.15, -0.1) is 5.10 Å². The van der Waals surface area contributed by atoms with E-state index in [0.29, 0.717) is 22.7 Å². The Balaban J connectivity index is 2.07. The summed E-state index contributed by atoms with van der Waals surface area (Å²) in [6.45, 7) is 1.79. The zero-order chi connectivity index (χ0) is 12.7. The molecule has 0 unspecified atom stereocenters. The largest absolute Gasteiger partial charge is 0.337 e. The molecule has 0 bridgehead atoms. The third-order valence-electron chi connectivity index (χ3n) is 2.47. The summed E-state index contributed by atoms with van der Waals surface area (Å²) < 4.78 is 7.59. The van der Waals surface area contributed by atoms with Gasteiger partial charge < -0.3 is 4.52 Å². The fourth-order valence-electron chi connectivity index (χ4n) is 1.61. The Bertz CT molecular complexity index is 769. The van der Waals surface area contributed by atoms with Gasteiger partial charge >= 0.3 is 0 Å². The van der Waals surface area contributed by atoms with Gasteiger partial charge in [0.2, 0.25) is 5.89 Å². The van der Waals surface area contributed by atoms with Crippen molar-refractivity contribution in [3.05, 3.63) is 28.3 Å². The molecule has 0 saturated carbocycles. The molecule has 0 spiro atoms. The first-order chi connectivity index (χ1) is 8.65. The van der Waals surface area contributed by atoms with Gasteiger partial charge in [-0.1, -0.05) is 10.4 Å². The molecule has 18 heavy (non-hydrogen) atoms. The van der Waals surface area contributed by atoms with Crippen LogP contribution >= 0.6 is 0 Å². The predicted octanol–water partition coefficient (Wildman–Crippen LogP) is -0.735. The molecule has 9 nitrogen and oxygen atoms in total. The summed E-state index contributed by atoms with van der Waals surface area (Å²) in [4.78, 5) is 16.1. The molecule has 0 saturated heterocycles. The van der Waals surface area contributed by atoms with E-state index in [1.807, 2.05) is 0 Å². The normalized spacial score (nSPS) is 11.2. The predicted molar refractivity (Wildman–Crippen MR) is 58.7 cm³/mol. The van der Waals surface area contributed by atoms with E-state index in [4.69, 9.17) is 4.52 Å². The number of rotatable bonds is 2. The van der Waals surface area contributed by atoms with Crippen molar-refractivity contribution in [3.63, 3.8) is 0 Å². The van der Waals surface area contributed by atoms with Crippen LogP contribution in [0.1, 0.15) is 11.7 Å². The maximum absolute atomic E-state index is 12.1. The lowest BCUT2D eigenvalue weighted by molar-refractivity contribution is 0.357. The van der Waals surface area contributed by atoms with Gasteiger partial charge in [-0.05, 0) is 6.92 Å². The Morgan fingerprint density at radius 2 is 2.28 bits per heavy atom. The van der Waals surface area contributed by atoms with Crippen LogP contribution in [-0.2, 0) is 13.6 Å². The quantitative estimate of drug-likeness (QED) is 0.587. The SMILES string of the molecule is Cc1noc(Cn2nnc3c(cnn3C)c2=O)n1. The monoisotopic (exact) mass is 247 g/mol. The second kappa shape index (κ2) is 3.72. The highest BCUT2D eigenvalue weighted by Crippen LogP contribution is 2.03. The molecule has 0 aliphatic rings. The highest BCUT2D eigenvalue weighted by atomic mass is 16.5. The first-order valence-electron chi connectivity index (χ1n) is 5.20. The van der Waals surface area contributed by atoms with Crippen molar-refractivity contribution in [2.24, 2.45) is 7.05 Å². The molecule has 9 heteroatoms. The molecule has 0 atom stereocenters. The highest BCUT2D eigenvalue weighted by Gasteiger charge is 2.12. The standard InChI is InChI=1S/C9H9N7O2/c1-5-11-7(18-13-5)4-16-9(17)6-3-10-15(2)8(6)12-14-16/h3H,4H2,1-2H3. The minimum Gasteiger partial charge on any atom is -0.337 e. The summed E-state index contributed by atoms with van der Waals surface area (Å²) >= 11 is 0. The van der Waals surface area contributed by atoms with Crippen molar-refractivity contribution in [2.75, 3.05) is 0 Å². The van der Waals surface area contributed by atoms with Crippen LogP contribution in [0, 0.1) is 6.92 Å². The number of nitrogens with zero attached hydrogens (tertiary/aromatic N) is 7. The van der Waals surface area contributed by atoms with Crippen LogP contribution in [0.15, 0.2) is 15.5 Å². The lowest BCUT2D eigenvalue weighted by atomic mass is 10.4. The van der Waals surface area contributed by atoms with Gasteiger partial charge in [-0.2, -0.15) is 10.1 Å². The van der Waals surface area contributed by atoms with E-state index in [2.05, 4.69) is 25.6 Å². The Hall–Kier alpha value is -2.58. The second-order valence-electron chi connectivity index (χ2n) is 3.79. The van der Waals surface area contributed by atoms with Crippen LogP contribution in [-0.4, -0.2) is 34.9 Å². The molecule has 3 aromatic rings. The molecular formula is C9H9N7O2. The maximum Gasteiger partial charge on any atom is 0.281 e. The molecule has 0 aliphatic carbocycles. The number of aromatic nitrogens is 7. The maximum atomic E-state index is 12.1. The van der Waals surface area contributed by atoms with Crippen molar-refractivity contribution in [3.8, 4) is 0 Å². The van der Waals surface area contributed by atoms with E-state index in [9.17, 15) is 4.79 Å². The molecule has 0 N–H and O–H groups in total. The van der Waals surface area contributed by atoms with Gasteiger partial charge in [0, 0.05) is 7.05 Å². The molecule has 0 radical (unpaired) electrons. The summed E-state index contributed by atoms with van der Waals surface area (Å²) in [5.74, 6) is 0.820. The first kappa shape index (κ1) is 10.6. The fourth-order valence-corrected chi connectivity index (χ4v) is 1.61. The van der Waals surface area contributed by atoms with Gasteiger partial charge in [0.1, 0.15) is 11.9 Å². The van der Waals surface area contributed by atoms with E-state index in [1.54, 1.807) is 14.0 Å².